The second-order valence-corrected chi connectivity index (χ2v) is 4.85. The van der Waals surface area contributed by atoms with Gasteiger partial charge in [-0.2, -0.15) is 0 Å². The Morgan fingerprint density at radius 2 is 1.95 bits per heavy atom. The normalized spacial score (nSPS) is 13.0. The van der Waals surface area contributed by atoms with E-state index in [1.54, 1.807) is 0 Å². The summed E-state index contributed by atoms with van der Waals surface area (Å²) in [5.74, 6) is 1.71. The molecule has 100 valence electrons. The monoisotopic (exact) mass is 275 g/mol. The van der Waals surface area contributed by atoms with Crippen LogP contribution in [-0.2, 0) is 0 Å². The molecule has 0 radical (unpaired) electrons. The lowest BCUT2D eigenvalue weighted by atomic mass is 10.2. The molecule has 1 heterocycles. The minimum absolute atomic E-state index is 0.342. The highest BCUT2D eigenvalue weighted by molar-refractivity contribution is 6.30. The minimum atomic E-state index is 0.342. The molecule has 0 fully saturated rings. The minimum Gasteiger partial charge on any atom is -0.457 e. The van der Waals surface area contributed by atoms with E-state index in [1.165, 1.54) is 0 Å². The van der Waals surface area contributed by atoms with E-state index in [4.69, 9.17) is 16.0 Å². The van der Waals surface area contributed by atoms with Gasteiger partial charge < -0.3 is 9.73 Å². The standard InChI is InChI=1S/C16H18ClNO/c1-3-18-12(2)4-9-15-10-11-16(19-15)13-5-7-14(17)8-6-13/h4-12,18H,3H2,1-2H3/b9-4+. The maximum atomic E-state index is 5.87. The van der Waals surface area contributed by atoms with Gasteiger partial charge in [0.2, 0.25) is 0 Å². The summed E-state index contributed by atoms with van der Waals surface area (Å²) in [6.45, 7) is 5.17. The number of likely N-dealkylation sites (N-methyl/N-ethyl adjacent to an activating group) is 1. The molecule has 0 saturated heterocycles. The molecule has 2 aromatic rings. The van der Waals surface area contributed by atoms with Crippen LogP contribution in [0.4, 0.5) is 0 Å². The molecule has 1 aromatic carbocycles. The molecule has 0 aliphatic heterocycles. The molecule has 0 spiro atoms. The molecule has 0 aliphatic rings. The smallest absolute Gasteiger partial charge is 0.134 e. The van der Waals surface area contributed by atoms with Gasteiger partial charge in [0, 0.05) is 16.6 Å². The lowest BCUT2D eigenvalue weighted by Gasteiger charge is -2.04. The SMILES string of the molecule is CCNC(C)/C=C/c1ccc(-c2ccc(Cl)cc2)o1. The maximum absolute atomic E-state index is 5.87. The fraction of sp³-hybridized carbons (Fsp3) is 0.250. The van der Waals surface area contributed by atoms with Crippen LogP contribution in [-0.4, -0.2) is 12.6 Å². The van der Waals surface area contributed by atoms with E-state index in [2.05, 4.69) is 25.2 Å². The molecule has 2 rings (SSSR count). The number of furan rings is 1. The van der Waals surface area contributed by atoms with Crippen molar-refractivity contribution in [2.75, 3.05) is 6.54 Å². The van der Waals surface area contributed by atoms with Crippen molar-refractivity contribution in [1.29, 1.82) is 0 Å². The van der Waals surface area contributed by atoms with Crippen LogP contribution in [0.5, 0.6) is 0 Å². The Kier molecular flexibility index (Phi) is 4.83. The first-order chi connectivity index (χ1) is 9.19. The number of halogens is 1. The molecule has 1 atom stereocenters. The maximum Gasteiger partial charge on any atom is 0.134 e. The van der Waals surface area contributed by atoms with Crippen molar-refractivity contribution in [3.8, 4) is 11.3 Å². The molecule has 2 nitrogen and oxygen atoms in total. The van der Waals surface area contributed by atoms with E-state index in [9.17, 15) is 0 Å². The van der Waals surface area contributed by atoms with Crippen LogP contribution in [0.1, 0.15) is 19.6 Å². The first-order valence-corrected chi connectivity index (χ1v) is 6.84. The molecule has 19 heavy (non-hydrogen) atoms. The van der Waals surface area contributed by atoms with E-state index < -0.39 is 0 Å². The van der Waals surface area contributed by atoms with Crippen molar-refractivity contribution in [3.63, 3.8) is 0 Å². The van der Waals surface area contributed by atoms with Crippen LogP contribution >= 0.6 is 11.6 Å². The van der Waals surface area contributed by atoms with Gasteiger partial charge in [-0.3, -0.25) is 0 Å². The van der Waals surface area contributed by atoms with E-state index in [1.807, 2.05) is 42.5 Å². The fourth-order valence-corrected chi connectivity index (χ4v) is 1.97. The molecule has 0 saturated carbocycles. The lowest BCUT2D eigenvalue weighted by molar-refractivity contribution is 0.570. The average Bonchev–Trinajstić information content (AvgIpc) is 2.86. The van der Waals surface area contributed by atoms with Crippen LogP contribution in [0.25, 0.3) is 17.4 Å². The molecule has 0 aliphatic carbocycles. The second-order valence-electron chi connectivity index (χ2n) is 4.41. The first-order valence-electron chi connectivity index (χ1n) is 6.46. The number of hydrogen-bond donors (Lipinski definition) is 1. The Bertz CT molecular complexity index is 542. The van der Waals surface area contributed by atoms with Crippen LogP contribution in [0.3, 0.4) is 0 Å². The number of hydrogen-bond acceptors (Lipinski definition) is 2. The van der Waals surface area contributed by atoms with Gasteiger partial charge in [-0.15, -0.1) is 0 Å². The Balaban J connectivity index is 2.08. The Morgan fingerprint density at radius 1 is 1.21 bits per heavy atom. The van der Waals surface area contributed by atoms with Gasteiger partial charge in [0.05, 0.1) is 0 Å². The Morgan fingerprint density at radius 3 is 2.63 bits per heavy atom. The predicted octanol–water partition coefficient (Wildman–Crippen LogP) is 4.61. The quantitative estimate of drug-likeness (QED) is 0.862. The van der Waals surface area contributed by atoms with E-state index >= 15 is 0 Å². The van der Waals surface area contributed by atoms with Crippen LogP contribution in [0.15, 0.2) is 46.9 Å². The molecule has 1 unspecified atom stereocenters. The molecule has 0 bridgehead atoms. The van der Waals surface area contributed by atoms with Crippen LogP contribution < -0.4 is 5.32 Å². The molecule has 0 amide bonds. The largest absolute Gasteiger partial charge is 0.457 e. The number of benzene rings is 1. The van der Waals surface area contributed by atoms with Crippen LogP contribution in [0, 0.1) is 0 Å². The summed E-state index contributed by atoms with van der Waals surface area (Å²) in [7, 11) is 0. The number of rotatable bonds is 5. The van der Waals surface area contributed by atoms with E-state index in [-0.39, 0.29) is 0 Å². The summed E-state index contributed by atoms with van der Waals surface area (Å²) in [4.78, 5) is 0. The summed E-state index contributed by atoms with van der Waals surface area (Å²) in [5, 5.41) is 4.05. The average molecular weight is 276 g/mol. The third-order valence-corrected chi connectivity index (χ3v) is 3.08. The Hall–Kier alpha value is -1.51. The van der Waals surface area contributed by atoms with Gasteiger partial charge in [0.15, 0.2) is 0 Å². The van der Waals surface area contributed by atoms with E-state index in [0.29, 0.717) is 6.04 Å². The van der Waals surface area contributed by atoms with Crippen LogP contribution in [0.2, 0.25) is 5.02 Å². The zero-order valence-electron chi connectivity index (χ0n) is 11.2. The van der Waals surface area contributed by atoms with Crippen molar-refractivity contribution in [3.05, 3.63) is 53.3 Å². The summed E-state index contributed by atoms with van der Waals surface area (Å²) in [5.41, 5.74) is 1.03. The third-order valence-electron chi connectivity index (χ3n) is 2.83. The predicted molar refractivity (Wildman–Crippen MR) is 81.3 cm³/mol. The summed E-state index contributed by atoms with van der Waals surface area (Å²) in [6, 6.07) is 11.9. The fourth-order valence-electron chi connectivity index (χ4n) is 1.84. The summed E-state index contributed by atoms with van der Waals surface area (Å²) < 4.78 is 5.78. The van der Waals surface area contributed by atoms with Crippen molar-refractivity contribution in [2.24, 2.45) is 0 Å². The third kappa shape index (κ3) is 3.98. The second kappa shape index (κ2) is 6.60. The molecule has 1 N–H and O–H groups in total. The van der Waals surface area contributed by atoms with Crippen molar-refractivity contribution in [2.45, 2.75) is 19.9 Å². The lowest BCUT2D eigenvalue weighted by Crippen LogP contribution is -2.22. The molecular formula is C16H18ClNO. The molecular weight excluding hydrogens is 258 g/mol. The highest BCUT2D eigenvalue weighted by Crippen LogP contribution is 2.24. The zero-order valence-corrected chi connectivity index (χ0v) is 11.9. The highest BCUT2D eigenvalue weighted by atomic mass is 35.5. The first kappa shape index (κ1) is 13.9. The van der Waals surface area contributed by atoms with Gasteiger partial charge in [0.1, 0.15) is 11.5 Å². The van der Waals surface area contributed by atoms with E-state index in [0.717, 1.165) is 28.7 Å². The summed E-state index contributed by atoms with van der Waals surface area (Å²) >= 11 is 5.87. The van der Waals surface area contributed by atoms with Gasteiger partial charge in [0.25, 0.3) is 0 Å². The highest BCUT2D eigenvalue weighted by Gasteiger charge is 2.03. The molecule has 3 heteroatoms. The summed E-state index contributed by atoms with van der Waals surface area (Å²) in [6.07, 6.45) is 4.08. The van der Waals surface area contributed by atoms with Gasteiger partial charge in [-0.05, 0) is 55.9 Å². The number of nitrogens with one attached hydrogen (secondary N) is 1. The van der Waals surface area contributed by atoms with Gasteiger partial charge >= 0.3 is 0 Å². The van der Waals surface area contributed by atoms with Gasteiger partial charge in [-0.1, -0.05) is 24.6 Å². The van der Waals surface area contributed by atoms with Crippen molar-refractivity contribution < 1.29 is 4.42 Å². The van der Waals surface area contributed by atoms with Crippen molar-refractivity contribution in [1.82, 2.24) is 5.32 Å². The molecule has 1 aromatic heterocycles. The Labute approximate surface area is 119 Å². The zero-order chi connectivity index (χ0) is 13.7. The van der Waals surface area contributed by atoms with Crippen molar-refractivity contribution >= 4 is 17.7 Å². The van der Waals surface area contributed by atoms with Gasteiger partial charge in [-0.25, -0.2) is 0 Å². The topological polar surface area (TPSA) is 25.2 Å².